The van der Waals surface area contributed by atoms with E-state index in [1.807, 2.05) is 28.9 Å². The highest BCUT2D eigenvalue weighted by Crippen LogP contribution is 2.17. The summed E-state index contributed by atoms with van der Waals surface area (Å²) < 4.78 is 1.93. The molecular weight excluding hydrogens is 274 g/mol. The Morgan fingerprint density at radius 3 is 2.85 bits per heavy atom. The number of nitrogens with zero attached hydrogens (tertiary/aromatic N) is 3. The van der Waals surface area contributed by atoms with Gasteiger partial charge >= 0.3 is 0 Å². The summed E-state index contributed by atoms with van der Waals surface area (Å²) in [4.78, 5) is 4.31. The molecule has 0 aliphatic heterocycles. The summed E-state index contributed by atoms with van der Waals surface area (Å²) in [6.07, 6.45) is 4.10. The quantitative estimate of drug-likeness (QED) is 0.605. The van der Waals surface area contributed by atoms with Gasteiger partial charge < -0.3 is 0 Å². The normalized spacial score (nSPS) is 12.6. The summed E-state index contributed by atoms with van der Waals surface area (Å²) >= 11 is 6.19. The lowest BCUT2D eigenvalue weighted by molar-refractivity contribution is 0.482. The molecular formula is C14H20ClN5. The fraction of sp³-hybridized carbons (Fsp3) is 0.429. The highest BCUT2D eigenvalue weighted by Gasteiger charge is 2.14. The average molecular weight is 294 g/mol. The standard InChI is InChI=1S/C14H20ClN5/c1-2-7-20-14(17-10-18-20)9-12(19-16)8-11-5-3-4-6-13(11)15/h3-6,10,12,19H,2,7-9,16H2,1H3. The minimum absolute atomic E-state index is 0.0784. The second kappa shape index (κ2) is 7.38. The average Bonchev–Trinajstić information content (AvgIpc) is 2.88. The van der Waals surface area contributed by atoms with Crippen LogP contribution in [0.2, 0.25) is 5.02 Å². The van der Waals surface area contributed by atoms with Crippen LogP contribution < -0.4 is 11.3 Å². The van der Waals surface area contributed by atoms with Gasteiger partial charge in [0.15, 0.2) is 0 Å². The van der Waals surface area contributed by atoms with E-state index in [0.29, 0.717) is 0 Å². The topological polar surface area (TPSA) is 68.8 Å². The van der Waals surface area contributed by atoms with Crippen LogP contribution in [0.25, 0.3) is 0 Å². The number of hydrazine groups is 1. The molecule has 0 aliphatic rings. The second-order valence-corrected chi connectivity index (χ2v) is 5.17. The van der Waals surface area contributed by atoms with Gasteiger partial charge in [-0.1, -0.05) is 36.7 Å². The Bertz CT molecular complexity index is 540. The van der Waals surface area contributed by atoms with Crippen molar-refractivity contribution in [3.05, 3.63) is 47.0 Å². The maximum atomic E-state index is 6.19. The van der Waals surface area contributed by atoms with Crippen molar-refractivity contribution in [3.63, 3.8) is 0 Å². The van der Waals surface area contributed by atoms with Crippen LogP contribution in [0.15, 0.2) is 30.6 Å². The minimum Gasteiger partial charge on any atom is -0.271 e. The van der Waals surface area contributed by atoms with Gasteiger partial charge in [0.2, 0.25) is 0 Å². The van der Waals surface area contributed by atoms with E-state index in [9.17, 15) is 0 Å². The lowest BCUT2D eigenvalue weighted by atomic mass is 10.0. The molecule has 2 rings (SSSR count). The molecule has 1 aromatic heterocycles. The van der Waals surface area contributed by atoms with Crippen molar-refractivity contribution < 1.29 is 0 Å². The fourth-order valence-corrected chi connectivity index (χ4v) is 2.40. The molecule has 1 unspecified atom stereocenters. The van der Waals surface area contributed by atoms with Crippen molar-refractivity contribution in [3.8, 4) is 0 Å². The van der Waals surface area contributed by atoms with Crippen LogP contribution in [0.3, 0.4) is 0 Å². The van der Waals surface area contributed by atoms with Gasteiger partial charge in [-0.2, -0.15) is 5.10 Å². The van der Waals surface area contributed by atoms with Gasteiger partial charge in [0, 0.05) is 24.0 Å². The number of hydrogen-bond acceptors (Lipinski definition) is 4. The van der Waals surface area contributed by atoms with E-state index < -0.39 is 0 Å². The molecule has 108 valence electrons. The van der Waals surface area contributed by atoms with Crippen LogP contribution in [-0.4, -0.2) is 20.8 Å². The summed E-state index contributed by atoms with van der Waals surface area (Å²) in [6, 6.07) is 7.89. The summed E-state index contributed by atoms with van der Waals surface area (Å²) in [7, 11) is 0. The number of hydrogen-bond donors (Lipinski definition) is 2. The monoisotopic (exact) mass is 293 g/mol. The zero-order valence-electron chi connectivity index (χ0n) is 11.6. The summed E-state index contributed by atoms with van der Waals surface area (Å²) in [5.41, 5.74) is 3.93. The van der Waals surface area contributed by atoms with E-state index in [-0.39, 0.29) is 6.04 Å². The molecule has 1 heterocycles. The van der Waals surface area contributed by atoms with Crippen molar-refractivity contribution in [2.24, 2.45) is 5.84 Å². The predicted octanol–water partition coefficient (Wildman–Crippen LogP) is 1.96. The molecule has 6 heteroatoms. The van der Waals surface area contributed by atoms with E-state index in [2.05, 4.69) is 22.4 Å². The van der Waals surface area contributed by atoms with Crippen molar-refractivity contribution in [1.29, 1.82) is 0 Å². The van der Waals surface area contributed by atoms with E-state index in [1.54, 1.807) is 6.33 Å². The van der Waals surface area contributed by atoms with Gasteiger partial charge in [0.05, 0.1) is 0 Å². The van der Waals surface area contributed by atoms with Crippen molar-refractivity contribution in [2.75, 3.05) is 0 Å². The summed E-state index contributed by atoms with van der Waals surface area (Å²) in [5.74, 6) is 6.61. The molecule has 0 radical (unpaired) electrons. The first-order valence-electron chi connectivity index (χ1n) is 6.80. The molecule has 2 aromatic rings. The first-order valence-corrected chi connectivity index (χ1v) is 7.18. The van der Waals surface area contributed by atoms with Gasteiger partial charge in [-0.3, -0.25) is 16.0 Å². The Balaban J connectivity index is 2.05. The first-order chi connectivity index (χ1) is 9.74. The Labute approximate surface area is 124 Å². The molecule has 3 N–H and O–H groups in total. The van der Waals surface area contributed by atoms with Crippen LogP contribution in [0.5, 0.6) is 0 Å². The molecule has 0 fully saturated rings. The van der Waals surface area contributed by atoms with Gasteiger partial charge in [-0.25, -0.2) is 4.98 Å². The third-order valence-electron chi connectivity index (χ3n) is 3.22. The van der Waals surface area contributed by atoms with Gasteiger partial charge in [-0.15, -0.1) is 0 Å². The van der Waals surface area contributed by atoms with E-state index in [4.69, 9.17) is 17.4 Å². The Morgan fingerprint density at radius 2 is 2.15 bits per heavy atom. The SMILES string of the molecule is CCCn1ncnc1CC(Cc1ccccc1Cl)NN. The van der Waals surface area contributed by atoms with Crippen LogP contribution in [-0.2, 0) is 19.4 Å². The maximum absolute atomic E-state index is 6.19. The predicted molar refractivity (Wildman–Crippen MR) is 80.3 cm³/mol. The third kappa shape index (κ3) is 3.79. The van der Waals surface area contributed by atoms with E-state index >= 15 is 0 Å². The molecule has 0 amide bonds. The van der Waals surface area contributed by atoms with Gasteiger partial charge in [0.1, 0.15) is 12.2 Å². The first kappa shape index (κ1) is 15.0. The number of benzene rings is 1. The molecule has 1 aromatic carbocycles. The summed E-state index contributed by atoms with van der Waals surface area (Å²) in [5, 5.41) is 5.00. The molecule has 1 atom stereocenters. The molecule has 0 spiro atoms. The minimum atomic E-state index is 0.0784. The Hall–Kier alpha value is -1.43. The summed E-state index contributed by atoms with van der Waals surface area (Å²) in [6.45, 7) is 2.99. The number of rotatable bonds is 7. The number of nitrogens with two attached hydrogens (primary N) is 1. The van der Waals surface area contributed by atoms with Crippen molar-refractivity contribution in [2.45, 2.75) is 38.8 Å². The number of aryl methyl sites for hydroxylation is 1. The lowest BCUT2D eigenvalue weighted by Crippen LogP contribution is -2.39. The van der Waals surface area contributed by atoms with Crippen molar-refractivity contribution in [1.82, 2.24) is 20.2 Å². The number of halogens is 1. The largest absolute Gasteiger partial charge is 0.271 e. The molecule has 0 bridgehead atoms. The number of nitrogens with one attached hydrogen (secondary N) is 1. The van der Waals surface area contributed by atoms with Gasteiger partial charge in [-0.05, 0) is 24.5 Å². The van der Waals surface area contributed by atoms with Crippen LogP contribution >= 0.6 is 11.6 Å². The van der Waals surface area contributed by atoms with Crippen LogP contribution in [0.4, 0.5) is 0 Å². The fourth-order valence-electron chi connectivity index (χ4n) is 2.18. The highest BCUT2D eigenvalue weighted by molar-refractivity contribution is 6.31. The molecule has 5 nitrogen and oxygen atoms in total. The van der Waals surface area contributed by atoms with E-state index in [1.165, 1.54) is 0 Å². The number of aromatic nitrogens is 3. The molecule has 0 saturated carbocycles. The zero-order valence-corrected chi connectivity index (χ0v) is 12.3. The Morgan fingerprint density at radius 1 is 1.35 bits per heavy atom. The van der Waals surface area contributed by atoms with Gasteiger partial charge in [0.25, 0.3) is 0 Å². The maximum Gasteiger partial charge on any atom is 0.138 e. The smallest absolute Gasteiger partial charge is 0.138 e. The Kier molecular flexibility index (Phi) is 5.52. The third-order valence-corrected chi connectivity index (χ3v) is 3.59. The molecule has 0 aliphatic carbocycles. The second-order valence-electron chi connectivity index (χ2n) is 4.76. The highest BCUT2D eigenvalue weighted by atomic mass is 35.5. The molecule has 20 heavy (non-hydrogen) atoms. The zero-order chi connectivity index (χ0) is 14.4. The molecule has 0 saturated heterocycles. The van der Waals surface area contributed by atoms with Crippen LogP contribution in [0.1, 0.15) is 24.7 Å². The van der Waals surface area contributed by atoms with Crippen molar-refractivity contribution >= 4 is 11.6 Å². The van der Waals surface area contributed by atoms with Crippen LogP contribution in [0, 0.1) is 0 Å². The van der Waals surface area contributed by atoms with E-state index in [0.717, 1.165) is 42.2 Å². The lowest BCUT2D eigenvalue weighted by Gasteiger charge is -2.16.